The molecule has 0 aliphatic carbocycles. The van der Waals surface area contributed by atoms with Crippen molar-refractivity contribution in [1.82, 2.24) is 25.2 Å². The zero-order valence-electron chi connectivity index (χ0n) is 15.8. The molecule has 0 aliphatic heterocycles. The smallest absolute Gasteiger partial charge is 0.226 e. The van der Waals surface area contributed by atoms with E-state index in [9.17, 15) is 12.8 Å². The third kappa shape index (κ3) is 4.77. The summed E-state index contributed by atoms with van der Waals surface area (Å²) in [6.07, 6.45) is 2.10. The average Bonchev–Trinajstić information content (AvgIpc) is 3.38. The summed E-state index contributed by atoms with van der Waals surface area (Å²) in [6.45, 7) is 0. The maximum Gasteiger partial charge on any atom is 0.226 e. The molecule has 0 N–H and O–H groups in total. The summed E-state index contributed by atoms with van der Waals surface area (Å²) in [4.78, 5) is 4.20. The molecule has 0 aliphatic rings. The molecule has 4 aromatic rings. The van der Waals surface area contributed by atoms with E-state index >= 15 is 0 Å². The van der Waals surface area contributed by atoms with Crippen molar-refractivity contribution in [3.05, 3.63) is 78.2 Å². The Labute approximate surface area is 172 Å². The van der Waals surface area contributed by atoms with E-state index in [0.717, 1.165) is 5.69 Å². The number of halogens is 1. The number of aryl methyl sites for hydroxylation is 1. The molecule has 0 saturated heterocycles. The lowest BCUT2D eigenvalue weighted by atomic mass is 10.2. The van der Waals surface area contributed by atoms with E-state index in [1.807, 2.05) is 30.3 Å². The summed E-state index contributed by atoms with van der Waals surface area (Å²) in [5.74, 6) is 0.208. The van der Waals surface area contributed by atoms with Gasteiger partial charge in [-0.15, -0.1) is 5.10 Å². The minimum atomic E-state index is -3.40. The second-order valence-corrected chi connectivity index (χ2v) is 8.87. The maximum atomic E-state index is 13.0. The van der Waals surface area contributed by atoms with Crippen LogP contribution < -0.4 is 0 Å². The SMILES string of the molecule is O=S(=O)(CCCc1nnnn1-c1ccccc1)Cc1coc(-c2ccc(F)cc2)n1. The minimum absolute atomic E-state index is 0.0343. The summed E-state index contributed by atoms with van der Waals surface area (Å²) in [7, 11) is -3.40. The van der Waals surface area contributed by atoms with Crippen molar-refractivity contribution in [2.75, 3.05) is 5.75 Å². The molecule has 10 heteroatoms. The number of hydrogen-bond donors (Lipinski definition) is 0. The highest BCUT2D eigenvalue weighted by Crippen LogP contribution is 2.20. The van der Waals surface area contributed by atoms with Crippen molar-refractivity contribution < 1.29 is 17.2 Å². The van der Waals surface area contributed by atoms with Crippen molar-refractivity contribution >= 4 is 9.84 Å². The Bertz CT molecular complexity index is 1220. The Morgan fingerprint density at radius 2 is 1.80 bits per heavy atom. The van der Waals surface area contributed by atoms with Crippen LogP contribution in [0.25, 0.3) is 17.1 Å². The Hall–Kier alpha value is -3.40. The molecule has 0 saturated carbocycles. The first-order chi connectivity index (χ1) is 14.5. The number of aromatic nitrogens is 5. The quantitative estimate of drug-likeness (QED) is 0.426. The molecule has 30 heavy (non-hydrogen) atoms. The minimum Gasteiger partial charge on any atom is -0.444 e. The van der Waals surface area contributed by atoms with Crippen LogP contribution in [0.2, 0.25) is 0 Å². The lowest BCUT2D eigenvalue weighted by molar-refractivity contribution is 0.571. The fourth-order valence-corrected chi connectivity index (χ4v) is 4.29. The molecule has 154 valence electrons. The zero-order valence-corrected chi connectivity index (χ0v) is 16.7. The van der Waals surface area contributed by atoms with Crippen molar-refractivity contribution in [3.8, 4) is 17.1 Å². The van der Waals surface area contributed by atoms with Gasteiger partial charge in [0.25, 0.3) is 0 Å². The number of rotatable bonds is 8. The van der Waals surface area contributed by atoms with E-state index in [4.69, 9.17) is 4.42 Å². The van der Waals surface area contributed by atoms with Crippen LogP contribution >= 0.6 is 0 Å². The summed E-state index contributed by atoms with van der Waals surface area (Å²) in [5, 5.41) is 11.6. The molecule has 4 rings (SSSR count). The highest BCUT2D eigenvalue weighted by molar-refractivity contribution is 7.90. The van der Waals surface area contributed by atoms with Crippen LogP contribution in [-0.2, 0) is 22.0 Å². The summed E-state index contributed by atoms with van der Waals surface area (Å²) in [6, 6.07) is 15.0. The van der Waals surface area contributed by atoms with E-state index in [1.54, 1.807) is 4.68 Å². The molecule has 0 unspecified atom stereocenters. The molecule has 0 fully saturated rings. The number of nitrogens with zero attached hydrogens (tertiary/aromatic N) is 5. The second kappa shape index (κ2) is 8.54. The van der Waals surface area contributed by atoms with Crippen LogP contribution in [0.15, 0.2) is 65.3 Å². The van der Waals surface area contributed by atoms with E-state index < -0.39 is 9.84 Å². The number of hydrogen-bond acceptors (Lipinski definition) is 7. The maximum absolute atomic E-state index is 13.0. The highest BCUT2D eigenvalue weighted by Gasteiger charge is 2.17. The van der Waals surface area contributed by atoms with Gasteiger partial charge in [0.15, 0.2) is 15.7 Å². The number of para-hydroxylation sites is 1. The first kappa shape index (κ1) is 19.9. The van der Waals surface area contributed by atoms with Crippen molar-refractivity contribution in [2.45, 2.75) is 18.6 Å². The van der Waals surface area contributed by atoms with Crippen LogP contribution in [0.1, 0.15) is 17.9 Å². The monoisotopic (exact) mass is 427 g/mol. The Morgan fingerprint density at radius 1 is 1.03 bits per heavy atom. The highest BCUT2D eigenvalue weighted by atomic mass is 32.2. The Morgan fingerprint density at radius 3 is 2.57 bits per heavy atom. The van der Waals surface area contributed by atoms with Gasteiger partial charge in [0.05, 0.1) is 22.9 Å². The second-order valence-electron chi connectivity index (χ2n) is 6.69. The normalized spacial score (nSPS) is 11.6. The predicted molar refractivity (Wildman–Crippen MR) is 107 cm³/mol. The molecular weight excluding hydrogens is 409 g/mol. The van der Waals surface area contributed by atoms with Gasteiger partial charge >= 0.3 is 0 Å². The van der Waals surface area contributed by atoms with E-state index in [-0.39, 0.29) is 23.2 Å². The largest absolute Gasteiger partial charge is 0.444 e. The fourth-order valence-electron chi connectivity index (χ4n) is 2.98. The zero-order chi connectivity index (χ0) is 21.0. The van der Waals surface area contributed by atoms with Gasteiger partial charge in [-0.2, -0.15) is 4.68 Å². The summed E-state index contributed by atoms with van der Waals surface area (Å²) < 4.78 is 44.9. The lowest BCUT2D eigenvalue weighted by Gasteiger charge is -2.05. The Balaban J connectivity index is 1.36. The predicted octanol–water partition coefficient (Wildman–Crippen LogP) is 3.00. The van der Waals surface area contributed by atoms with Crippen molar-refractivity contribution in [1.29, 1.82) is 0 Å². The summed E-state index contributed by atoms with van der Waals surface area (Å²) in [5.41, 5.74) is 1.70. The number of tetrazole rings is 1. The van der Waals surface area contributed by atoms with Crippen LogP contribution in [0.4, 0.5) is 4.39 Å². The van der Waals surface area contributed by atoms with Gasteiger partial charge in [-0.3, -0.25) is 0 Å². The van der Waals surface area contributed by atoms with E-state index in [2.05, 4.69) is 20.5 Å². The van der Waals surface area contributed by atoms with Gasteiger partial charge in [0.1, 0.15) is 12.1 Å². The molecule has 0 atom stereocenters. The molecule has 2 heterocycles. The van der Waals surface area contributed by atoms with E-state index in [0.29, 0.717) is 29.9 Å². The molecule has 0 bridgehead atoms. The first-order valence-corrected chi connectivity index (χ1v) is 11.1. The van der Waals surface area contributed by atoms with Gasteiger partial charge in [0.2, 0.25) is 5.89 Å². The molecule has 0 radical (unpaired) electrons. The fraction of sp³-hybridized carbons (Fsp3) is 0.200. The third-order valence-corrected chi connectivity index (χ3v) is 6.05. The molecular formula is C20H18FN5O3S. The van der Waals surface area contributed by atoms with Crippen LogP contribution in [-0.4, -0.2) is 39.4 Å². The van der Waals surface area contributed by atoms with Crippen molar-refractivity contribution in [3.63, 3.8) is 0 Å². The third-order valence-electron chi connectivity index (χ3n) is 4.40. The summed E-state index contributed by atoms with van der Waals surface area (Å²) >= 11 is 0. The van der Waals surface area contributed by atoms with Gasteiger partial charge in [0, 0.05) is 12.0 Å². The molecule has 0 spiro atoms. The molecule has 2 aromatic carbocycles. The topological polar surface area (TPSA) is 104 Å². The van der Waals surface area contributed by atoms with Crippen LogP contribution in [0.5, 0.6) is 0 Å². The van der Waals surface area contributed by atoms with Gasteiger partial charge in [-0.1, -0.05) is 18.2 Å². The Kier molecular flexibility index (Phi) is 5.66. The average molecular weight is 427 g/mol. The molecule has 2 aromatic heterocycles. The van der Waals surface area contributed by atoms with Gasteiger partial charge in [-0.05, 0) is 53.2 Å². The van der Waals surface area contributed by atoms with E-state index in [1.165, 1.54) is 30.5 Å². The number of sulfone groups is 1. The molecule has 0 amide bonds. The van der Waals surface area contributed by atoms with Crippen LogP contribution in [0.3, 0.4) is 0 Å². The molecule has 8 nitrogen and oxygen atoms in total. The van der Waals surface area contributed by atoms with Gasteiger partial charge in [-0.25, -0.2) is 17.8 Å². The number of oxazole rings is 1. The van der Waals surface area contributed by atoms with Crippen LogP contribution in [0, 0.1) is 5.82 Å². The standard InChI is InChI=1S/C20H18FN5O3S/c21-16-10-8-15(9-11-16)20-22-17(13-29-20)14-30(27,28)12-4-7-19-23-24-25-26(19)18-5-2-1-3-6-18/h1-3,5-6,8-11,13H,4,7,12,14H2. The van der Waals surface area contributed by atoms with Gasteiger partial charge < -0.3 is 4.42 Å². The number of benzene rings is 2. The first-order valence-electron chi connectivity index (χ1n) is 9.24. The lowest BCUT2D eigenvalue weighted by Crippen LogP contribution is -2.12. The van der Waals surface area contributed by atoms with Crippen molar-refractivity contribution in [2.24, 2.45) is 0 Å².